The molecule has 2 aliphatic rings. The van der Waals surface area contributed by atoms with Gasteiger partial charge in [0.25, 0.3) is 5.91 Å². The molecule has 2 aliphatic heterocycles. The zero-order chi connectivity index (χ0) is 25.6. The molecule has 0 aliphatic carbocycles. The predicted molar refractivity (Wildman–Crippen MR) is 147 cm³/mol. The van der Waals surface area contributed by atoms with Crippen molar-refractivity contribution in [2.45, 2.75) is 44.8 Å². The summed E-state index contributed by atoms with van der Waals surface area (Å²) >= 11 is 0. The molecule has 194 valence electrons. The number of rotatable bonds is 7. The van der Waals surface area contributed by atoms with E-state index in [1.165, 1.54) is 17.2 Å². The molecule has 0 bridgehead atoms. The minimum atomic E-state index is -0.252. The fourth-order valence-corrected chi connectivity index (χ4v) is 5.53. The number of carbonyl (C=O) groups excluding carboxylic acids is 1. The van der Waals surface area contributed by atoms with Crippen LogP contribution in [0.3, 0.4) is 0 Å². The summed E-state index contributed by atoms with van der Waals surface area (Å²) in [6.07, 6.45) is 2.19. The summed E-state index contributed by atoms with van der Waals surface area (Å²) in [4.78, 5) is 15.4. The molecule has 2 fully saturated rings. The number of halogens is 1. The van der Waals surface area contributed by atoms with Gasteiger partial charge in [0.15, 0.2) is 0 Å². The first kappa shape index (κ1) is 25.6. The van der Waals surface area contributed by atoms with Gasteiger partial charge in [-0.15, -0.1) is 0 Å². The number of piperidine rings is 1. The van der Waals surface area contributed by atoms with Crippen LogP contribution in [0.15, 0.2) is 66.7 Å². The van der Waals surface area contributed by atoms with E-state index in [0.29, 0.717) is 29.6 Å². The molecule has 6 heteroatoms. The average molecular weight is 501 g/mol. The number of nitrogens with one attached hydrogen (secondary N) is 3. The van der Waals surface area contributed by atoms with Crippen LogP contribution in [0.2, 0.25) is 0 Å². The SMILES string of the molecule is C[C@H]1CN(Cc2cccc(-c3cc(CNC(=O)c4cccc(C5CCNCC5)c4)ccc3F)c2)CCN1. The van der Waals surface area contributed by atoms with Crippen molar-refractivity contribution in [3.05, 3.63) is 94.8 Å². The lowest BCUT2D eigenvalue weighted by molar-refractivity contribution is 0.0950. The maximum Gasteiger partial charge on any atom is 0.251 e. The van der Waals surface area contributed by atoms with E-state index in [9.17, 15) is 9.18 Å². The smallest absolute Gasteiger partial charge is 0.251 e. The second kappa shape index (κ2) is 12.0. The zero-order valence-electron chi connectivity index (χ0n) is 21.6. The van der Waals surface area contributed by atoms with E-state index < -0.39 is 0 Å². The second-order valence-corrected chi connectivity index (χ2v) is 10.4. The lowest BCUT2D eigenvalue weighted by Gasteiger charge is -2.31. The highest BCUT2D eigenvalue weighted by atomic mass is 19.1. The van der Waals surface area contributed by atoms with Crippen LogP contribution < -0.4 is 16.0 Å². The first-order valence-corrected chi connectivity index (χ1v) is 13.5. The van der Waals surface area contributed by atoms with Gasteiger partial charge in [-0.25, -0.2) is 4.39 Å². The van der Waals surface area contributed by atoms with E-state index in [-0.39, 0.29) is 11.7 Å². The van der Waals surface area contributed by atoms with Gasteiger partial charge in [0.1, 0.15) is 5.82 Å². The van der Waals surface area contributed by atoms with Gasteiger partial charge in [-0.05, 0) is 91.4 Å². The molecule has 2 heterocycles. The quantitative estimate of drug-likeness (QED) is 0.441. The van der Waals surface area contributed by atoms with Crippen LogP contribution in [0.25, 0.3) is 11.1 Å². The van der Waals surface area contributed by atoms with Crippen molar-refractivity contribution in [1.29, 1.82) is 0 Å². The number of amides is 1. The molecular formula is C31H37FN4O. The number of piperazine rings is 1. The summed E-state index contributed by atoms with van der Waals surface area (Å²) in [5.74, 6) is 0.144. The number of carbonyl (C=O) groups is 1. The Morgan fingerprint density at radius 3 is 2.68 bits per heavy atom. The number of hydrogen-bond acceptors (Lipinski definition) is 4. The fourth-order valence-electron chi connectivity index (χ4n) is 5.53. The van der Waals surface area contributed by atoms with Gasteiger partial charge in [0, 0.05) is 49.9 Å². The molecule has 5 rings (SSSR count). The zero-order valence-corrected chi connectivity index (χ0v) is 21.6. The van der Waals surface area contributed by atoms with Crippen molar-refractivity contribution in [3.63, 3.8) is 0 Å². The first-order valence-electron chi connectivity index (χ1n) is 13.5. The summed E-state index contributed by atoms with van der Waals surface area (Å²) < 4.78 is 14.9. The van der Waals surface area contributed by atoms with E-state index >= 15 is 0 Å². The summed E-state index contributed by atoms with van der Waals surface area (Å²) in [5, 5.41) is 9.89. The Morgan fingerprint density at radius 1 is 1.00 bits per heavy atom. The highest BCUT2D eigenvalue weighted by Crippen LogP contribution is 2.27. The van der Waals surface area contributed by atoms with E-state index in [4.69, 9.17) is 0 Å². The molecular weight excluding hydrogens is 463 g/mol. The number of hydrogen-bond donors (Lipinski definition) is 3. The Balaban J connectivity index is 1.25. The molecule has 1 amide bonds. The van der Waals surface area contributed by atoms with Crippen molar-refractivity contribution in [2.24, 2.45) is 0 Å². The molecule has 37 heavy (non-hydrogen) atoms. The van der Waals surface area contributed by atoms with Crippen LogP contribution in [0.4, 0.5) is 4.39 Å². The summed E-state index contributed by atoms with van der Waals surface area (Å²) in [7, 11) is 0. The molecule has 0 saturated carbocycles. The van der Waals surface area contributed by atoms with E-state index in [1.54, 1.807) is 6.07 Å². The third kappa shape index (κ3) is 6.63. The molecule has 2 saturated heterocycles. The average Bonchev–Trinajstić information content (AvgIpc) is 2.93. The van der Waals surface area contributed by atoms with Gasteiger partial charge in [-0.1, -0.05) is 36.4 Å². The van der Waals surface area contributed by atoms with Crippen LogP contribution >= 0.6 is 0 Å². The minimum absolute atomic E-state index is 0.103. The van der Waals surface area contributed by atoms with E-state index in [2.05, 4.69) is 46.0 Å². The molecule has 3 aromatic carbocycles. The molecule has 0 aromatic heterocycles. The molecule has 5 nitrogen and oxygen atoms in total. The number of nitrogens with zero attached hydrogens (tertiary/aromatic N) is 1. The normalized spacial score (nSPS) is 19.0. The standard InChI is InChI=1S/C31H37FN4O/c1-22-20-36(15-14-34-22)21-24-4-2-6-27(16-24)29-17-23(8-9-30(29)32)19-35-31(37)28-7-3-5-26(18-28)25-10-12-33-13-11-25/h2-9,16-18,22,25,33-34H,10-15,19-21H2,1H3,(H,35,37)/t22-/m0/s1. The second-order valence-electron chi connectivity index (χ2n) is 10.4. The van der Waals surface area contributed by atoms with Crippen LogP contribution in [0, 0.1) is 5.82 Å². The Kier molecular flexibility index (Phi) is 8.29. The summed E-state index contributed by atoms with van der Waals surface area (Å²) in [6, 6.07) is 21.7. The monoisotopic (exact) mass is 500 g/mol. The highest BCUT2D eigenvalue weighted by Gasteiger charge is 2.18. The van der Waals surface area contributed by atoms with Crippen molar-refractivity contribution >= 4 is 5.91 Å². The third-order valence-corrected chi connectivity index (χ3v) is 7.54. The third-order valence-electron chi connectivity index (χ3n) is 7.54. The Morgan fingerprint density at radius 2 is 1.84 bits per heavy atom. The summed E-state index contributed by atoms with van der Waals surface area (Å²) in [5.41, 5.74) is 5.39. The van der Waals surface area contributed by atoms with E-state index in [0.717, 1.165) is 63.2 Å². The van der Waals surface area contributed by atoms with Gasteiger partial charge in [-0.3, -0.25) is 9.69 Å². The van der Waals surface area contributed by atoms with Crippen LogP contribution in [-0.2, 0) is 13.1 Å². The molecule has 0 unspecified atom stereocenters. The molecule has 3 aromatic rings. The van der Waals surface area contributed by atoms with Crippen molar-refractivity contribution in [2.75, 3.05) is 32.7 Å². The fraction of sp³-hybridized carbons (Fsp3) is 0.387. The van der Waals surface area contributed by atoms with Gasteiger partial charge in [-0.2, -0.15) is 0 Å². The lowest BCUT2D eigenvalue weighted by atomic mass is 9.89. The Bertz CT molecular complexity index is 1220. The highest BCUT2D eigenvalue weighted by molar-refractivity contribution is 5.94. The maximum atomic E-state index is 14.9. The van der Waals surface area contributed by atoms with Gasteiger partial charge in [0.2, 0.25) is 0 Å². The topological polar surface area (TPSA) is 56.4 Å². The maximum absolute atomic E-state index is 14.9. The van der Waals surface area contributed by atoms with Gasteiger partial charge >= 0.3 is 0 Å². The van der Waals surface area contributed by atoms with Crippen molar-refractivity contribution < 1.29 is 9.18 Å². The van der Waals surface area contributed by atoms with Crippen molar-refractivity contribution in [3.8, 4) is 11.1 Å². The summed E-state index contributed by atoms with van der Waals surface area (Å²) in [6.45, 7) is 8.46. The predicted octanol–water partition coefficient (Wildman–Crippen LogP) is 4.68. The Labute approximate surface area is 219 Å². The lowest BCUT2D eigenvalue weighted by Crippen LogP contribution is -2.48. The van der Waals surface area contributed by atoms with Crippen LogP contribution in [0.1, 0.15) is 52.7 Å². The van der Waals surface area contributed by atoms with Crippen LogP contribution in [0.5, 0.6) is 0 Å². The van der Waals surface area contributed by atoms with Gasteiger partial charge in [0.05, 0.1) is 0 Å². The van der Waals surface area contributed by atoms with Gasteiger partial charge < -0.3 is 16.0 Å². The Hall–Kier alpha value is -3.06. The first-order chi connectivity index (χ1) is 18.0. The van der Waals surface area contributed by atoms with Crippen molar-refractivity contribution in [1.82, 2.24) is 20.9 Å². The van der Waals surface area contributed by atoms with Crippen LogP contribution in [-0.4, -0.2) is 49.6 Å². The number of benzene rings is 3. The minimum Gasteiger partial charge on any atom is -0.348 e. The molecule has 0 radical (unpaired) electrons. The molecule has 1 atom stereocenters. The molecule has 3 N–H and O–H groups in total. The molecule has 0 spiro atoms. The largest absolute Gasteiger partial charge is 0.348 e. The van der Waals surface area contributed by atoms with E-state index in [1.807, 2.05) is 36.4 Å².